The lowest BCUT2D eigenvalue weighted by molar-refractivity contribution is -0.131. The van der Waals surface area contributed by atoms with E-state index in [0.29, 0.717) is 65.2 Å². The van der Waals surface area contributed by atoms with Gasteiger partial charge in [0.05, 0.1) is 46.4 Å². The van der Waals surface area contributed by atoms with Crippen LogP contribution in [0.5, 0.6) is 5.75 Å². The summed E-state index contributed by atoms with van der Waals surface area (Å²) < 4.78 is 49.7. The number of pyridine rings is 2. The van der Waals surface area contributed by atoms with Gasteiger partial charge in [0.25, 0.3) is 17.7 Å². The number of benzene rings is 1. The fourth-order valence-electron chi connectivity index (χ4n) is 7.44. The molecule has 0 spiro atoms. The molecule has 2 amide bonds. The van der Waals surface area contributed by atoms with Crippen LogP contribution >= 0.6 is 11.6 Å². The van der Waals surface area contributed by atoms with E-state index >= 15 is 0 Å². The average molecular weight is 696 g/mol. The van der Waals surface area contributed by atoms with Gasteiger partial charge in [-0.25, -0.2) is 22.8 Å². The number of carbonyl (C=O) groups is 2. The number of carbonyl (C=O) groups excluding carboxylic acids is 2. The van der Waals surface area contributed by atoms with Crippen molar-refractivity contribution in [2.24, 2.45) is 17.6 Å². The van der Waals surface area contributed by atoms with Gasteiger partial charge in [-0.1, -0.05) is 38.4 Å². The Labute approximate surface area is 286 Å². The van der Waals surface area contributed by atoms with Crippen molar-refractivity contribution < 1.29 is 27.5 Å². The van der Waals surface area contributed by atoms with E-state index in [-0.39, 0.29) is 72.1 Å². The molecule has 2 aliphatic heterocycles. The summed E-state index contributed by atoms with van der Waals surface area (Å²) in [4.78, 5) is 38.8. The van der Waals surface area contributed by atoms with Gasteiger partial charge in [0.15, 0.2) is 12.3 Å². The number of piperidine rings is 1. The lowest BCUT2D eigenvalue weighted by Gasteiger charge is -2.47. The number of alkyl halides is 2. The zero-order valence-electron chi connectivity index (χ0n) is 27.4. The number of primary amides is 1. The maximum atomic E-state index is 14.6. The highest BCUT2D eigenvalue weighted by atomic mass is 35.5. The number of nitrogens with zero attached hydrogens (tertiary/aromatic N) is 6. The molecule has 2 N–H and O–H groups in total. The molecule has 258 valence electrons. The summed E-state index contributed by atoms with van der Waals surface area (Å²) in [5, 5.41) is 5.58. The third-order valence-electron chi connectivity index (χ3n) is 9.84. The average Bonchev–Trinajstić information content (AvgIpc) is 3.44. The van der Waals surface area contributed by atoms with Crippen molar-refractivity contribution in [1.29, 1.82) is 0 Å². The fraction of sp³-hybridized carbons (Fsp3) is 0.457. The van der Waals surface area contributed by atoms with Crippen molar-refractivity contribution >= 4 is 40.1 Å². The largest absolute Gasteiger partial charge is 0.482 e. The highest BCUT2D eigenvalue weighted by Crippen LogP contribution is 2.44. The van der Waals surface area contributed by atoms with E-state index in [9.17, 15) is 22.8 Å². The zero-order valence-corrected chi connectivity index (χ0v) is 28.2. The van der Waals surface area contributed by atoms with E-state index in [1.165, 1.54) is 11.1 Å². The van der Waals surface area contributed by atoms with Gasteiger partial charge in [-0.05, 0) is 48.4 Å². The minimum Gasteiger partial charge on any atom is -0.482 e. The lowest BCUT2D eigenvalue weighted by Crippen LogP contribution is -2.54. The molecule has 1 saturated carbocycles. The first-order chi connectivity index (χ1) is 23.3. The molecule has 49 heavy (non-hydrogen) atoms. The summed E-state index contributed by atoms with van der Waals surface area (Å²) in [6.07, 6.45) is 4.02. The highest BCUT2D eigenvalue weighted by molar-refractivity contribution is 6.30. The second kappa shape index (κ2) is 12.6. The molecule has 1 aliphatic carbocycles. The molecule has 1 saturated heterocycles. The monoisotopic (exact) mass is 695 g/mol. The summed E-state index contributed by atoms with van der Waals surface area (Å²) in [5.41, 5.74) is 9.15. The lowest BCUT2D eigenvalue weighted by atomic mass is 9.83. The zero-order chi connectivity index (χ0) is 34.8. The number of ether oxygens (including phenoxy) is 1. The number of halogens is 4. The maximum absolute atomic E-state index is 14.6. The molecule has 4 aromatic rings. The molecule has 0 radical (unpaired) electrons. The third kappa shape index (κ3) is 6.22. The van der Waals surface area contributed by atoms with E-state index in [1.807, 2.05) is 18.5 Å². The van der Waals surface area contributed by atoms with E-state index in [0.717, 1.165) is 6.07 Å². The quantitative estimate of drug-likeness (QED) is 0.234. The Balaban J connectivity index is 1.29. The summed E-state index contributed by atoms with van der Waals surface area (Å²) in [6.45, 7) is 7.12. The van der Waals surface area contributed by atoms with Crippen molar-refractivity contribution in [2.75, 3.05) is 24.6 Å². The predicted molar refractivity (Wildman–Crippen MR) is 178 cm³/mol. The number of nitrogens with two attached hydrogens (primary N) is 1. The first-order valence-electron chi connectivity index (χ1n) is 16.5. The van der Waals surface area contributed by atoms with Crippen LogP contribution in [0.4, 0.5) is 18.9 Å². The number of fused-ring (bicyclic) bond motifs is 2. The van der Waals surface area contributed by atoms with Gasteiger partial charge < -0.3 is 10.5 Å². The number of hydrogen-bond acceptors (Lipinski definition) is 7. The second-order valence-electron chi connectivity index (χ2n) is 13.9. The predicted octanol–water partition coefficient (Wildman–Crippen LogP) is 6.19. The van der Waals surface area contributed by atoms with Crippen molar-refractivity contribution in [1.82, 2.24) is 24.6 Å². The molecule has 14 heteroatoms. The van der Waals surface area contributed by atoms with Gasteiger partial charge in [0.2, 0.25) is 0 Å². The fourth-order valence-corrected chi connectivity index (χ4v) is 7.58. The minimum atomic E-state index is -2.57. The Morgan fingerprint density at radius 1 is 1.18 bits per heavy atom. The van der Waals surface area contributed by atoms with Gasteiger partial charge in [0, 0.05) is 49.1 Å². The molecule has 5 heterocycles. The molecule has 0 bridgehead atoms. The number of amides is 2. The van der Waals surface area contributed by atoms with Gasteiger partial charge in [0.1, 0.15) is 11.6 Å². The molecule has 10 nitrogen and oxygen atoms in total. The topological polar surface area (TPSA) is 119 Å². The Bertz CT molecular complexity index is 1960. The van der Waals surface area contributed by atoms with Crippen molar-refractivity contribution in [2.45, 2.75) is 71.0 Å². The van der Waals surface area contributed by atoms with Gasteiger partial charge in [-0.3, -0.25) is 24.4 Å². The summed E-state index contributed by atoms with van der Waals surface area (Å²) in [6, 6.07) is 6.22. The van der Waals surface area contributed by atoms with Crippen LogP contribution in [-0.4, -0.2) is 68.1 Å². The van der Waals surface area contributed by atoms with E-state index < -0.39 is 17.6 Å². The van der Waals surface area contributed by atoms with Crippen LogP contribution in [0, 0.1) is 17.7 Å². The molecule has 3 aliphatic rings. The number of hydrogen-bond donors (Lipinski definition) is 1. The molecule has 2 fully saturated rings. The molecule has 2 atom stereocenters. The Kier molecular flexibility index (Phi) is 8.54. The van der Waals surface area contributed by atoms with Crippen LogP contribution in [0.1, 0.15) is 67.8 Å². The van der Waals surface area contributed by atoms with Crippen LogP contribution in [0.2, 0.25) is 5.02 Å². The van der Waals surface area contributed by atoms with Gasteiger partial charge in [-0.15, -0.1) is 0 Å². The number of likely N-dealkylation sites (tertiary alicyclic amines) is 1. The van der Waals surface area contributed by atoms with Crippen LogP contribution in [-0.2, 0) is 17.8 Å². The minimum absolute atomic E-state index is 0.0330. The van der Waals surface area contributed by atoms with Crippen molar-refractivity contribution in [3.63, 3.8) is 0 Å². The first kappa shape index (κ1) is 33.3. The van der Waals surface area contributed by atoms with E-state index in [1.54, 1.807) is 24.4 Å². The SMILES string of the molecule is CC(C)Cc1nc2c(cnn2[C@@H]2CCN(C3CC(F)(F)C3)C[C@H]2C)c(-c2ccc3c(c2)OCC(=O)N3Cc2ncc(Cl)cc2F)c1C(N)=O. The smallest absolute Gasteiger partial charge is 0.265 e. The summed E-state index contributed by atoms with van der Waals surface area (Å²) in [7, 11) is 0. The van der Waals surface area contributed by atoms with E-state index in [4.69, 9.17) is 32.2 Å². The number of anilines is 1. The van der Waals surface area contributed by atoms with Gasteiger partial charge >= 0.3 is 0 Å². The Morgan fingerprint density at radius 2 is 1.96 bits per heavy atom. The molecule has 7 rings (SSSR count). The van der Waals surface area contributed by atoms with Crippen LogP contribution in [0.15, 0.2) is 36.7 Å². The van der Waals surface area contributed by atoms with Crippen LogP contribution in [0.25, 0.3) is 22.2 Å². The standard InChI is InChI=1S/C35H37ClF3N7O3/c1-18(2)8-25-32(33(40)48)31(20-4-5-28-29(9-20)49-17-30(47)45(28)16-26-24(37)10-21(36)13-41-26)23-14-42-46(34(23)43-25)27-6-7-44(15-19(27)3)22-11-35(38,39)12-22/h4-5,9-10,13-14,18-19,22,27H,6-8,11-12,15-17H2,1-3H3,(H2,40,48)/t19-,27-/m1/s1. The maximum Gasteiger partial charge on any atom is 0.265 e. The Hall–Kier alpha value is -4.23. The van der Waals surface area contributed by atoms with Crippen LogP contribution in [0.3, 0.4) is 0 Å². The third-order valence-corrected chi connectivity index (χ3v) is 10.0. The number of aromatic nitrogens is 4. The molecule has 1 aromatic carbocycles. The van der Waals surface area contributed by atoms with Crippen molar-refractivity contribution in [3.8, 4) is 16.9 Å². The first-order valence-corrected chi connectivity index (χ1v) is 16.9. The Morgan fingerprint density at radius 3 is 2.63 bits per heavy atom. The molecule has 0 unspecified atom stereocenters. The van der Waals surface area contributed by atoms with Gasteiger partial charge in [-0.2, -0.15) is 5.10 Å². The highest BCUT2D eigenvalue weighted by Gasteiger charge is 2.49. The van der Waals surface area contributed by atoms with E-state index in [2.05, 4.69) is 16.8 Å². The number of rotatable bonds is 8. The normalized spacial score (nSPS) is 21.1. The second-order valence-corrected chi connectivity index (χ2v) is 14.3. The molecular formula is C35H37ClF3N7O3. The molecule has 3 aromatic heterocycles. The van der Waals surface area contributed by atoms with Crippen molar-refractivity contribution in [3.05, 3.63) is 64.5 Å². The molecular weight excluding hydrogens is 659 g/mol. The van der Waals surface area contributed by atoms with Crippen LogP contribution < -0.4 is 15.4 Å². The summed E-state index contributed by atoms with van der Waals surface area (Å²) >= 11 is 5.88. The summed E-state index contributed by atoms with van der Waals surface area (Å²) in [5.74, 6) is -3.57.